The van der Waals surface area contributed by atoms with E-state index in [0.717, 1.165) is 39.0 Å². The number of aliphatic hydroxyl groups excluding tert-OH is 1. The second-order valence-corrected chi connectivity index (χ2v) is 6.50. The normalized spacial score (nSPS) is 21.9. The van der Waals surface area contributed by atoms with Gasteiger partial charge in [-0.05, 0) is 55.7 Å². The second kappa shape index (κ2) is 6.94. The van der Waals surface area contributed by atoms with Crippen molar-refractivity contribution in [3.05, 3.63) is 29.6 Å². The maximum Gasteiger partial charge on any atom is 0.183 e. The monoisotopic (exact) mass is 308 g/mol. The summed E-state index contributed by atoms with van der Waals surface area (Å²) in [5.41, 5.74) is 0.917. The molecular formula is C17H25FN2O2. The largest absolute Gasteiger partial charge is 0.403 e. The molecule has 1 aromatic rings. The van der Waals surface area contributed by atoms with Gasteiger partial charge in [-0.2, -0.15) is 0 Å². The molecule has 4 nitrogen and oxygen atoms in total. The van der Waals surface area contributed by atoms with Crippen LogP contribution in [-0.2, 0) is 6.42 Å². The Labute approximate surface area is 131 Å². The van der Waals surface area contributed by atoms with Gasteiger partial charge in [0, 0.05) is 26.2 Å². The Bertz CT molecular complexity index is 493. The van der Waals surface area contributed by atoms with Crippen molar-refractivity contribution in [2.24, 2.45) is 5.41 Å². The van der Waals surface area contributed by atoms with Crippen LogP contribution >= 0.6 is 0 Å². The maximum atomic E-state index is 14.3. The molecule has 1 aromatic carbocycles. The van der Waals surface area contributed by atoms with Crippen LogP contribution in [0.25, 0.3) is 0 Å². The third-order valence-electron chi connectivity index (χ3n) is 5.00. The summed E-state index contributed by atoms with van der Waals surface area (Å²) in [6, 6.07) is 5.12. The molecule has 3 rings (SSSR count). The third-order valence-corrected chi connectivity index (χ3v) is 5.00. The molecule has 0 aliphatic carbocycles. The van der Waals surface area contributed by atoms with Crippen LogP contribution in [0.2, 0.25) is 0 Å². The van der Waals surface area contributed by atoms with Gasteiger partial charge in [0.05, 0.1) is 0 Å². The zero-order valence-electron chi connectivity index (χ0n) is 13.0. The first-order valence-corrected chi connectivity index (χ1v) is 8.24. The molecule has 0 unspecified atom stereocenters. The molecule has 2 fully saturated rings. The number of benzene rings is 1. The van der Waals surface area contributed by atoms with Crippen molar-refractivity contribution >= 4 is 0 Å². The molecule has 2 heterocycles. The second-order valence-electron chi connectivity index (χ2n) is 6.50. The summed E-state index contributed by atoms with van der Waals surface area (Å²) in [5.74, 6) is -0.0835. The minimum atomic E-state index is -0.351. The van der Waals surface area contributed by atoms with Crippen molar-refractivity contribution in [3.63, 3.8) is 0 Å². The highest BCUT2D eigenvalue weighted by molar-refractivity contribution is 5.31. The van der Waals surface area contributed by atoms with Crippen molar-refractivity contribution in [3.8, 4) is 5.75 Å². The van der Waals surface area contributed by atoms with Gasteiger partial charge in [0.2, 0.25) is 0 Å². The molecule has 2 aliphatic heterocycles. The predicted octanol–water partition coefficient (Wildman–Crippen LogP) is 2.12. The van der Waals surface area contributed by atoms with E-state index in [4.69, 9.17) is 9.94 Å². The summed E-state index contributed by atoms with van der Waals surface area (Å²) in [6.45, 7) is 3.85. The number of hydrogen-bond acceptors (Lipinski definition) is 4. The van der Waals surface area contributed by atoms with Gasteiger partial charge < -0.3 is 15.3 Å². The number of piperidine rings is 2. The third kappa shape index (κ3) is 3.42. The topological polar surface area (TPSA) is 44.7 Å². The van der Waals surface area contributed by atoms with E-state index in [0.29, 0.717) is 17.4 Å². The lowest BCUT2D eigenvalue weighted by Crippen LogP contribution is -2.48. The average molecular weight is 308 g/mol. The fraction of sp³-hybridized carbons (Fsp3) is 0.647. The highest BCUT2D eigenvalue weighted by Crippen LogP contribution is 2.37. The average Bonchev–Trinajstić information content (AvgIpc) is 2.55. The number of nitrogens with one attached hydrogen (secondary N) is 1. The van der Waals surface area contributed by atoms with Crippen LogP contribution in [0.15, 0.2) is 18.2 Å². The van der Waals surface area contributed by atoms with Crippen LogP contribution < -0.4 is 10.2 Å². The Kier molecular flexibility index (Phi) is 4.96. The highest BCUT2D eigenvalue weighted by atomic mass is 19.1. The minimum Gasteiger partial charge on any atom is -0.403 e. The van der Waals surface area contributed by atoms with E-state index in [1.54, 1.807) is 18.2 Å². The summed E-state index contributed by atoms with van der Waals surface area (Å²) in [4.78, 5) is 5.76. The number of aliphatic hydroxyl groups is 1. The Morgan fingerprint density at radius 1 is 1.27 bits per heavy atom. The summed E-state index contributed by atoms with van der Waals surface area (Å²) >= 11 is 0. The van der Waals surface area contributed by atoms with E-state index in [1.807, 2.05) is 5.06 Å². The van der Waals surface area contributed by atoms with Gasteiger partial charge >= 0.3 is 0 Å². The van der Waals surface area contributed by atoms with E-state index in [2.05, 4.69) is 5.32 Å². The minimum absolute atomic E-state index is 0.0559. The number of nitrogens with zero attached hydrogens (tertiary/aromatic N) is 1. The smallest absolute Gasteiger partial charge is 0.183 e. The number of rotatable bonds is 4. The first-order valence-electron chi connectivity index (χ1n) is 8.24. The quantitative estimate of drug-likeness (QED) is 0.894. The van der Waals surface area contributed by atoms with Gasteiger partial charge in [-0.3, -0.25) is 0 Å². The van der Waals surface area contributed by atoms with Crippen molar-refractivity contribution in [1.82, 2.24) is 10.4 Å². The van der Waals surface area contributed by atoms with Crippen molar-refractivity contribution in [2.75, 3.05) is 32.8 Å². The van der Waals surface area contributed by atoms with Gasteiger partial charge in [-0.1, -0.05) is 12.1 Å². The summed E-state index contributed by atoms with van der Waals surface area (Å²) in [6.07, 6.45) is 5.04. The van der Waals surface area contributed by atoms with E-state index in [9.17, 15) is 4.39 Å². The van der Waals surface area contributed by atoms with Gasteiger partial charge in [0.25, 0.3) is 0 Å². The molecule has 5 heteroatoms. The maximum absolute atomic E-state index is 14.3. The molecule has 0 radical (unpaired) electrons. The lowest BCUT2D eigenvalue weighted by atomic mass is 9.73. The molecule has 0 aromatic heterocycles. The van der Waals surface area contributed by atoms with Gasteiger partial charge in [0.15, 0.2) is 11.6 Å². The SMILES string of the molecule is OCCc1cccc(ON2CCC3(CCCNC3)CC2)c1F. The van der Waals surface area contributed by atoms with Crippen molar-refractivity contribution < 1.29 is 14.3 Å². The number of hydroxylamine groups is 2. The Hall–Kier alpha value is -1.17. The van der Waals surface area contributed by atoms with Crippen LogP contribution in [0.4, 0.5) is 4.39 Å². The zero-order valence-corrected chi connectivity index (χ0v) is 13.0. The van der Waals surface area contributed by atoms with E-state index < -0.39 is 0 Å². The van der Waals surface area contributed by atoms with Gasteiger partial charge in [-0.15, -0.1) is 5.06 Å². The first kappa shape index (κ1) is 15.7. The zero-order chi connectivity index (χ0) is 15.4. The predicted molar refractivity (Wildman–Crippen MR) is 83.2 cm³/mol. The Morgan fingerprint density at radius 3 is 2.77 bits per heavy atom. The van der Waals surface area contributed by atoms with Crippen molar-refractivity contribution in [1.29, 1.82) is 0 Å². The summed E-state index contributed by atoms with van der Waals surface area (Å²) in [7, 11) is 0. The van der Waals surface area contributed by atoms with E-state index >= 15 is 0 Å². The molecular weight excluding hydrogens is 283 g/mol. The molecule has 0 saturated carbocycles. The van der Waals surface area contributed by atoms with E-state index in [1.165, 1.54) is 12.8 Å². The molecule has 2 N–H and O–H groups in total. The Balaban J connectivity index is 1.60. The van der Waals surface area contributed by atoms with Gasteiger partial charge in [-0.25, -0.2) is 4.39 Å². The fourth-order valence-electron chi connectivity index (χ4n) is 3.59. The lowest BCUT2D eigenvalue weighted by molar-refractivity contribution is -0.104. The van der Waals surface area contributed by atoms with Crippen LogP contribution in [0.1, 0.15) is 31.2 Å². The van der Waals surface area contributed by atoms with Crippen LogP contribution in [0, 0.1) is 11.2 Å². The van der Waals surface area contributed by atoms with Crippen molar-refractivity contribution in [2.45, 2.75) is 32.1 Å². The summed E-state index contributed by atoms with van der Waals surface area (Å²) in [5, 5.41) is 14.3. The number of halogens is 1. The fourth-order valence-corrected chi connectivity index (χ4v) is 3.59. The molecule has 122 valence electrons. The van der Waals surface area contributed by atoms with Crippen LogP contribution in [0.5, 0.6) is 5.75 Å². The molecule has 2 saturated heterocycles. The molecule has 2 aliphatic rings. The Morgan fingerprint density at radius 2 is 2.09 bits per heavy atom. The number of hydrogen-bond donors (Lipinski definition) is 2. The molecule has 0 bridgehead atoms. The molecule has 22 heavy (non-hydrogen) atoms. The standard InChI is InChI=1S/C17H25FN2O2/c18-16-14(5-12-21)3-1-4-15(16)22-20-10-7-17(8-11-20)6-2-9-19-13-17/h1,3-4,19,21H,2,5-13H2. The summed E-state index contributed by atoms with van der Waals surface area (Å²) < 4.78 is 14.3. The van der Waals surface area contributed by atoms with Gasteiger partial charge in [0.1, 0.15) is 0 Å². The van der Waals surface area contributed by atoms with E-state index in [-0.39, 0.29) is 18.2 Å². The lowest BCUT2D eigenvalue weighted by Gasteiger charge is -2.43. The first-order chi connectivity index (χ1) is 10.7. The highest BCUT2D eigenvalue weighted by Gasteiger charge is 2.36. The van der Waals surface area contributed by atoms with Crippen LogP contribution in [-0.4, -0.2) is 43.0 Å². The van der Waals surface area contributed by atoms with Crippen LogP contribution in [0.3, 0.4) is 0 Å². The molecule has 0 amide bonds. The molecule has 1 spiro atoms. The molecule has 0 atom stereocenters.